The van der Waals surface area contributed by atoms with Gasteiger partial charge < -0.3 is 19.1 Å². The first-order valence-electron chi connectivity index (χ1n) is 8.29. The van der Waals surface area contributed by atoms with Crippen LogP contribution in [0.25, 0.3) is 0 Å². The number of hydrogen-bond donors (Lipinski definition) is 0. The second-order valence-electron chi connectivity index (χ2n) is 5.65. The summed E-state index contributed by atoms with van der Waals surface area (Å²) in [6.07, 6.45) is 0. The Morgan fingerprint density at radius 2 is 1.68 bits per heavy atom. The van der Waals surface area contributed by atoms with Crippen molar-refractivity contribution in [1.82, 2.24) is 0 Å². The third-order valence-corrected chi connectivity index (χ3v) is 3.95. The van der Waals surface area contributed by atoms with Gasteiger partial charge >= 0.3 is 5.97 Å². The van der Waals surface area contributed by atoms with E-state index in [0.717, 1.165) is 12.1 Å². The molecule has 0 atom stereocenters. The number of nitro groups is 1. The Morgan fingerprint density at radius 1 is 1.04 bits per heavy atom. The van der Waals surface area contributed by atoms with Crippen LogP contribution in [-0.4, -0.2) is 44.7 Å². The van der Waals surface area contributed by atoms with Crippen LogP contribution in [-0.2, 0) is 4.74 Å². The first kappa shape index (κ1) is 20.7. The number of methoxy groups -OCH3 is 2. The monoisotopic (exact) mass is 388 g/mol. The van der Waals surface area contributed by atoms with Crippen molar-refractivity contribution in [1.29, 1.82) is 0 Å². The van der Waals surface area contributed by atoms with Crippen LogP contribution >= 0.6 is 0 Å². The van der Waals surface area contributed by atoms with Gasteiger partial charge in [0.25, 0.3) is 11.6 Å². The number of hydrogen-bond acceptors (Lipinski definition) is 7. The van der Waals surface area contributed by atoms with Gasteiger partial charge in [0, 0.05) is 36.5 Å². The largest absolute Gasteiger partial charge is 0.493 e. The fraction of sp³-hybridized carbons (Fsp3) is 0.263. The van der Waals surface area contributed by atoms with Gasteiger partial charge in [-0.15, -0.1) is 0 Å². The Labute approximate surface area is 161 Å². The highest BCUT2D eigenvalue weighted by molar-refractivity contribution is 6.07. The topological polar surface area (TPSA) is 108 Å². The quantitative estimate of drug-likeness (QED) is 0.407. The van der Waals surface area contributed by atoms with E-state index in [1.54, 1.807) is 25.1 Å². The second kappa shape index (κ2) is 8.85. The van der Waals surface area contributed by atoms with Crippen LogP contribution in [0.2, 0.25) is 0 Å². The molecule has 0 spiro atoms. The highest BCUT2D eigenvalue weighted by Crippen LogP contribution is 2.32. The van der Waals surface area contributed by atoms with E-state index in [1.807, 2.05) is 0 Å². The minimum atomic E-state index is -0.742. The number of carbonyl (C=O) groups excluding carboxylic acids is 2. The number of anilines is 1. The minimum absolute atomic E-state index is 0.0189. The molecule has 0 aliphatic heterocycles. The molecule has 9 nitrogen and oxygen atoms in total. The lowest BCUT2D eigenvalue weighted by Crippen LogP contribution is -2.26. The van der Waals surface area contributed by atoms with Gasteiger partial charge in [-0.2, -0.15) is 0 Å². The smallest absolute Gasteiger partial charge is 0.338 e. The van der Waals surface area contributed by atoms with E-state index < -0.39 is 16.8 Å². The summed E-state index contributed by atoms with van der Waals surface area (Å²) in [5, 5.41) is 11.2. The molecule has 28 heavy (non-hydrogen) atoms. The van der Waals surface area contributed by atoms with E-state index in [4.69, 9.17) is 14.2 Å². The van der Waals surface area contributed by atoms with Crippen molar-refractivity contribution in [3.05, 3.63) is 57.6 Å². The van der Waals surface area contributed by atoms with Crippen LogP contribution in [0.5, 0.6) is 11.5 Å². The number of carbonyl (C=O) groups is 2. The van der Waals surface area contributed by atoms with Gasteiger partial charge in [-0.1, -0.05) is 0 Å². The summed E-state index contributed by atoms with van der Waals surface area (Å²) in [4.78, 5) is 36.7. The molecular formula is C19H20N2O7. The number of esters is 1. The first-order chi connectivity index (χ1) is 13.3. The Morgan fingerprint density at radius 3 is 2.25 bits per heavy atom. The fourth-order valence-electron chi connectivity index (χ4n) is 2.52. The summed E-state index contributed by atoms with van der Waals surface area (Å²) in [6, 6.07) is 8.33. The van der Waals surface area contributed by atoms with Crippen molar-refractivity contribution in [2.45, 2.75) is 6.92 Å². The maximum absolute atomic E-state index is 12.9. The molecule has 0 unspecified atom stereocenters. The number of nitrogens with zero attached hydrogens (tertiary/aromatic N) is 2. The van der Waals surface area contributed by atoms with Gasteiger partial charge in [0.1, 0.15) is 0 Å². The molecule has 0 aromatic heterocycles. The Hall–Kier alpha value is -3.62. The molecule has 0 N–H and O–H groups in total. The molecule has 0 saturated carbocycles. The molecule has 0 radical (unpaired) electrons. The lowest BCUT2D eigenvalue weighted by atomic mass is 10.1. The van der Waals surface area contributed by atoms with E-state index in [2.05, 4.69) is 0 Å². The third kappa shape index (κ3) is 4.37. The van der Waals surface area contributed by atoms with Crippen LogP contribution in [0.15, 0.2) is 36.4 Å². The number of nitro benzene ring substituents is 1. The highest BCUT2D eigenvalue weighted by atomic mass is 16.6. The van der Waals surface area contributed by atoms with Crippen molar-refractivity contribution in [3.8, 4) is 11.5 Å². The molecule has 2 aromatic carbocycles. The van der Waals surface area contributed by atoms with Gasteiger partial charge in [-0.05, 0) is 25.1 Å². The molecule has 148 valence electrons. The van der Waals surface area contributed by atoms with Crippen LogP contribution in [0.1, 0.15) is 27.6 Å². The number of benzene rings is 2. The third-order valence-electron chi connectivity index (χ3n) is 3.95. The van der Waals surface area contributed by atoms with Crippen LogP contribution < -0.4 is 14.4 Å². The lowest BCUT2D eigenvalue weighted by Gasteiger charge is -2.19. The summed E-state index contributed by atoms with van der Waals surface area (Å²) < 4.78 is 15.3. The predicted molar refractivity (Wildman–Crippen MR) is 101 cm³/mol. The Kier molecular flexibility index (Phi) is 6.54. The van der Waals surface area contributed by atoms with Gasteiger partial charge in [0.2, 0.25) is 0 Å². The normalized spacial score (nSPS) is 10.1. The maximum atomic E-state index is 12.9. The molecule has 0 saturated heterocycles. The maximum Gasteiger partial charge on any atom is 0.338 e. The average molecular weight is 388 g/mol. The van der Waals surface area contributed by atoms with E-state index in [0.29, 0.717) is 17.2 Å². The zero-order chi connectivity index (χ0) is 20.8. The van der Waals surface area contributed by atoms with Gasteiger partial charge in [0.05, 0.1) is 31.3 Å². The summed E-state index contributed by atoms with van der Waals surface area (Å²) in [6.45, 7) is 1.72. The lowest BCUT2D eigenvalue weighted by molar-refractivity contribution is -0.384. The summed E-state index contributed by atoms with van der Waals surface area (Å²) in [5.41, 5.74) is 0.0103. The molecule has 0 fully saturated rings. The zero-order valence-corrected chi connectivity index (χ0v) is 15.9. The zero-order valence-electron chi connectivity index (χ0n) is 15.9. The van der Waals surface area contributed by atoms with Crippen molar-refractivity contribution in [2.75, 3.05) is 32.8 Å². The van der Waals surface area contributed by atoms with Gasteiger partial charge in [-0.3, -0.25) is 14.9 Å². The molecule has 2 rings (SSSR count). The molecule has 9 heteroatoms. The number of amides is 1. The van der Waals surface area contributed by atoms with Crippen molar-refractivity contribution in [3.63, 3.8) is 0 Å². The molecule has 0 aliphatic carbocycles. The molecule has 0 heterocycles. The average Bonchev–Trinajstić information content (AvgIpc) is 2.71. The summed E-state index contributed by atoms with van der Waals surface area (Å²) >= 11 is 0. The number of ether oxygens (including phenoxy) is 3. The molecule has 1 amide bonds. The standard InChI is InChI=1S/C19H20N2O7/c1-5-28-19(23)13-8-12(9-15(10-13)21(24)25)18(22)20(2)14-6-7-16(26-3)17(11-14)27-4/h6-11H,5H2,1-4H3. The minimum Gasteiger partial charge on any atom is -0.493 e. The highest BCUT2D eigenvalue weighted by Gasteiger charge is 2.22. The number of non-ortho nitro benzene ring substituents is 1. The first-order valence-corrected chi connectivity index (χ1v) is 8.29. The molecule has 0 aliphatic rings. The Bertz CT molecular complexity index is 911. The Balaban J connectivity index is 2.44. The van der Waals surface area contributed by atoms with Crippen LogP contribution in [0.3, 0.4) is 0 Å². The molecule has 2 aromatic rings. The van der Waals surface area contributed by atoms with E-state index in [9.17, 15) is 19.7 Å². The molecule has 0 bridgehead atoms. The second-order valence-corrected chi connectivity index (χ2v) is 5.65. The van der Waals surface area contributed by atoms with E-state index in [-0.39, 0.29) is 23.4 Å². The van der Waals surface area contributed by atoms with Crippen molar-refractivity contribution in [2.24, 2.45) is 0 Å². The fourth-order valence-corrected chi connectivity index (χ4v) is 2.52. The van der Waals surface area contributed by atoms with Crippen LogP contribution in [0.4, 0.5) is 11.4 Å². The predicted octanol–water partition coefficient (Wildman–Crippen LogP) is 3.07. The summed E-state index contributed by atoms with van der Waals surface area (Å²) in [5.74, 6) is -0.367. The van der Waals surface area contributed by atoms with Crippen LogP contribution in [0, 0.1) is 10.1 Å². The van der Waals surface area contributed by atoms with E-state index >= 15 is 0 Å². The van der Waals surface area contributed by atoms with Gasteiger partial charge in [-0.25, -0.2) is 4.79 Å². The van der Waals surface area contributed by atoms with Crippen molar-refractivity contribution < 1.29 is 28.7 Å². The number of rotatable bonds is 7. The van der Waals surface area contributed by atoms with Crippen molar-refractivity contribution >= 4 is 23.3 Å². The summed E-state index contributed by atoms with van der Waals surface area (Å²) in [7, 11) is 4.47. The SMILES string of the molecule is CCOC(=O)c1cc(C(=O)N(C)c2ccc(OC)c(OC)c2)cc([N+](=O)[O-])c1. The van der Waals surface area contributed by atoms with Gasteiger partial charge in [0.15, 0.2) is 11.5 Å². The molecular weight excluding hydrogens is 368 g/mol. The van der Waals surface area contributed by atoms with E-state index in [1.165, 1.54) is 32.2 Å².